The Bertz CT molecular complexity index is 246. The maximum atomic E-state index is 3.58. The van der Waals surface area contributed by atoms with Crippen molar-refractivity contribution in [3.05, 3.63) is 0 Å². The highest BCUT2D eigenvalue weighted by Gasteiger charge is 2.29. The van der Waals surface area contributed by atoms with Crippen molar-refractivity contribution in [2.75, 3.05) is 19.6 Å². The molecule has 2 aliphatic rings. The molecule has 0 radical (unpaired) electrons. The van der Waals surface area contributed by atoms with Crippen LogP contribution in [0.5, 0.6) is 0 Å². The predicted octanol–water partition coefficient (Wildman–Crippen LogP) is 3.67. The molecule has 1 saturated heterocycles. The van der Waals surface area contributed by atoms with Gasteiger partial charge in [-0.05, 0) is 64.5 Å². The molecule has 0 amide bonds. The molecule has 1 N–H and O–H groups in total. The largest absolute Gasteiger partial charge is 0.316 e. The second-order valence-corrected chi connectivity index (χ2v) is 7.10. The van der Waals surface area contributed by atoms with Crippen molar-refractivity contribution in [3.63, 3.8) is 0 Å². The van der Waals surface area contributed by atoms with E-state index in [4.69, 9.17) is 0 Å². The fourth-order valence-corrected chi connectivity index (χ4v) is 4.09. The maximum Gasteiger partial charge on any atom is 0.0101 e. The zero-order valence-corrected chi connectivity index (χ0v) is 13.3. The van der Waals surface area contributed by atoms with Crippen LogP contribution in [-0.4, -0.2) is 36.6 Å². The minimum atomic E-state index is 0.711. The van der Waals surface area contributed by atoms with Gasteiger partial charge in [0, 0.05) is 18.6 Å². The van der Waals surface area contributed by atoms with Gasteiger partial charge in [0.05, 0.1) is 0 Å². The third kappa shape index (κ3) is 4.46. The van der Waals surface area contributed by atoms with Crippen LogP contribution in [0.4, 0.5) is 0 Å². The lowest BCUT2D eigenvalue weighted by Crippen LogP contribution is -2.47. The number of rotatable bonds is 5. The van der Waals surface area contributed by atoms with Crippen LogP contribution in [0.1, 0.15) is 65.7 Å². The summed E-state index contributed by atoms with van der Waals surface area (Å²) >= 11 is 0. The molecule has 112 valence electrons. The van der Waals surface area contributed by atoms with Gasteiger partial charge in [-0.3, -0.25) is 4.90 Å². The van der Waals surface area contributed by atoms with Crippen molar-refractivity contribution < 1.29 is 0 Å². The molecule has 3 atom stereocenters. The van der Waals surface area contributed by atoms with Crippen LogP contribution in [-0.2, 0) is 0 Å². The van der Waals surface area contributed by atoms with Gasteiger partial charge >= 0.3 is 0 Å². The molecule has 1 aliphatic carbocycles. The molecular weight excluding hydrogens is 232 g/mol. The average Bonchev–Trinajstić information content (AvgIpc) is 2.45. The molecule has 3 unspecified atom stereocenters. The Morgan fingerprint density at radius 3 is 2.53 bits per heavy atom. The Morgan fingerprint density at radius 2 is 1.89 bits per heavy atom. The summed E-state index contributed by atoms with van der Waals surface area (Å²) in [6, 6.07) is 1.57. The summed E-state index contributed by atoms with van der Waals surface area (Å²) in [5, 5.41) is 3.58. The van der Waals surface area contributed by atoms with Crippen LogP contribution < -0.4 is 5.32 Å². The predicted molar refractivity (Wildman–Crippen MR) is 83.5 cm³/mol. The minimum absolute atomic E-state index is 0.711. The lowest BCUT2D eigenvalue weighted by Gasteiger charge is -2.42. The van der Waals surface area contributed by atoms with Crippen molar-refractivity contribution in [3.8, 4) is 0 Å². The molecule has 0 aromatic rings. The molecule has 2 nitrogen and oxygen atoms in total. The first-order valence-corrected chi connectivity index (χ1v) is 8.67. The van der Waals surface area contributed by atoms with Gasteiger partial charge in [-0.2, -0.15) is 0 Å². The average molecular weight is 266 g/mol. The summed E-state index contributed by atoms with van der Waals surface area (Å²) in [7, 11) is 0. The molecule has 1 aliphatic heterocycles. The Morgan fingerprint density at radius 1 is 1.11 bits per heavy atom. The molecule has 1 heterocycles. The Balaban J connectivity index is 1.90. The van der Waals surface area contributed by atoms with E-state index in [0.29, 0.717) is 6.04 Å². The lowest BCUT2D eigenvalue weighted by atomic mass is 9.82. The second-order valence-electron chi connectivity index (χ2n) is 7.10. The summed E-state index contributed by atoms with van der Waals surface area (Å²) in [6.07, 6.45) is 10.0. The number of nitrogens with zero attached hydrogens (tertiary/aromatic N) is 1. The van der Waals surface area contributed by atoms with Crippen LogP contribution in [0.3, 0.4) is 0 Å². The van der Waals surface area contributed by atoms with E-state index in [2.05, 4.69) is 31.0 Å². The summed E-state index contributed by atoms with van der Waals surface area (Å²) in [4.78, 5) is 2.83. The van der Waals surface area contributed by atoms with Crippen LogP contribution in [0, 0.1) is 11.8 Å². The lowest BCUT2D eigenvalue weighted by molar-refractivity contribution is 0.0761. The Kier molecular flexibility index (Phi) is 6.15. The minimum Gasteiger partial charge on any atom is -0.316 e. The van der Waals surface area contributed by atoms with Crippen molar-refractivity contribution in [1.29, 1.82) is 0 Å². The molecular formula is C17H34N2. The molecule has 0 spiro atoms. The zero-order valence-electron chi connectivity index (χ0n) is 13.3. The standard InChI is InChI=1S/C17H34N2/c1-4-15-7-5-9-17(11-15)19(14(2)3)13-16-8-6-10-18-12-16/h14-18H,4-13H2,1-3H3. The summed E-state index contributed by atoms with van der Waals surface area (Å²) in [5.41, 5.74) is 0. The quantitative estimate of drug-likeness (QED) is 0.817. The number of hydrogen-bond donors (Lipinski definition) is 1. The monoisotopic (exact) mass is 266 g/mol. The van der Waals surface area contributed by atoms with Crippen molar-refractivity contribution >= 4 is 0 Å². The molecule has 2 heteroatoms. The number of hydrogen-bond acceptors (Lipinski definition) is 2. The van der Waals surface area contributed by atoms with Gasteiger partial charge in [-0.25, -0.2) is 0 Å². The van der Waals surface area contributed by atoms with Gasteiger partial charge in [0.15, 0.2) is 0 Å². The van der Waals surface area contributed by atoms with E-state index in [1.54, 1.807) is 0 Å². The van der Waals surface area contributed by atoms with Crippen LogP contribution >= 0.6 is 0 Å². The van der Waals surface area contributed by atoms with Crippen LogP contribution in [0.25, 0.3) is 0 Å². The van der Waals surface area contributed by atoms with E-state index in [0.717, 1.165) is 17.9 Å². The van der Waals surface area contributed by atoms with Gasteiger partial charge in [0.25, 0.3) is 0 Å². The first-order chi connectivity index (χ1) is 9.20. The molecule has 0 bridgehead atoms. The van der Waals surface area contributed by atoms with Crippen molar-refractivity contribution in [2.45, 2.75) is 77.8 Å². The highest BCUT2D eigenvalue weighted by molar-refractivity contribution is 4.84. The van der Waals surface area contributed by atoms with Gasteiger partial charge in [-0.1, -0.05) is 26.2 Å². The van der Waals surface area contributed by atoms with E-state index in [1.807, 2.05) is 0 Å². The topological polar surface area (TPSA) is 15.3 Å². The molecule has 19 heavy (non-hydrogen) atoms. The van der Waals surface area contributed by atoms with Gasteiger partial charge in [-0.15, -0.1) is 0 Å². The van der Waals surface area contributed by atoms with Gasteiger partial charge in [0.1, 0.15) is 0 Å². The van der Waals surface area contributed by atoms with Gasteiger partial charge < -0.3 is 5.32 Å². The first-order valence-electron chi connectivity index (χ1n) is 8.67. The van der Waals surface area contributed by atoms with E-state index in [1.165, 1.54) is 64.6 Å². The third-order valence-electron chi connectivity index (χ3n) is 5.33. The van der Waals surface area contributed by atoms with E-state index in [-0.39, 0.29) is 0 Å². The van der Waals surface area contributed by atoms with Gasteiger partial charge in [0.2, 0.25) is 0 Å². The Labute approximate surface area is 120 Å². The SMILES string of the molecule is CCC1CCCC(N(CC2CCCNC2)C(C)C)C1. The Hall–Kier alpha value is -0.0800. The molecule has 0 aromatic heterocycles. The number of piperidine rings is 1. The normalized spacial score (nSPS) is 33.0. The highest BCUT2D eigenvalue weighted by atomic mass is 15.2. The van der Waals surface area contributed by atoms with E-state index in [9.17, 15) is 0 Å². The summed E-state index contributed by atoms with van der Waals surface area (Å²) in [6.45, 7) is 11.0. The summed E-state index contributed by atoms with van der Waals surface area (Å²) < 4.78 is 0. The maximum absolute atomic E-state index is 3.58. The first kappa shape index (κ1) is 15.3. The van der Waals surface area contributed by atoms with E-state index < -0.39 is 0 Å². The fourth-order valence-electron chi connectivity index (χ4n) is 4.09. The molecule has 2 fully saturated rings. The smallest absolute Gasteiger partial charge is 0.0101 e. The van der Waals surface area contributed by atoms with Crippen molar-refractivity contribution in [2.24, 2.45) is 11.8 Å². The number of nitrogens with one attached hydrogen (secondary N) is 1. The van der Waals surface area contributed by atoms with Crippen LogP contribution in [0.15, 0.2) is 0 Å². The summed E-state index contributed by atoms with van der Waals surface area (Å²) in [5.74, 6) is 1.88. The molecule has 1 saturated carbocycles. The third-order valence-corrected chi connectivity index (χ3v) is 5.33. The molecule has 0 aromatic carbocycles. The highest BCUT2D eigenvalue weighted by Crippen LogP contribution is 2.31. The zero-order chi connectivity index (χ0) is 13.7. The van der Waals surface area contributed by atoms with Crippen molar-refractivity contribution in [1.82, 2.24) is 10.2 Å². The fraction of sp³-hybridized carbons (Fsp3) is 1.00. The second kappa shape index (κ2) is 7.64. The van der Waals surface area contributed by atoms with Crippen LogP contribution in [0.2, 0.25) is 0 Å². The molecule has 2 rings (SSSR count). The van der Waals surface area contributed by atoms with E-state index >= 15 is 0 Å².